The van der Waals surface area contributed by atoms with Crippen LogP contribution in [0.15, 0.2) is 22.7 Å². The predicted octanol–water partition coefficient (Wildman–Crippen LogP) is 2.71. The lowest BCUT2D eigenvalue weighted by Crippen LogP contribution is -2.18. The monoisotopic (exact) mass is 287 g/mol. The van der Waals surface area contributed by atoms with Crippen LogP contribution in [0, 0.1) is 0 Å². The van der Waals surface area contributed by atoms with Crippen LogP contribution in [0.25, 0.3) is 0 Å². The summed E-state index contributed by atoms with van der Waals surface area (Å²) in [4.78, 5) is 0. The quantitative estimate of drug-likeness (QED) is 0.646. The van der Waals surface area contributed by atoms with E-state index in [4.69, 9.17) is 15.2 Å². The highest BCUT2D eigenvalue weighted by Gasteiger charge is 2.07. The van der Waals surface area contributed by atoms with Crippen LogP contribution in [0.5, 0.6) is 5.75 Å². The van der Waals surface area contributed by atoms with Gasteiger partial charge in [0.15, 0.2) is 6.79 Å². The molecule has 1 aromatic rings. The minimum Gasteiger partial charge on any atom is -0.467 e. The Balaban J connectivity index is 2.72. The van der Waals surface area contributed by atoms with Crippen LogP contribution in [0.1, 0.15) is 19.4 Å². The first-order chi connectivity index (χ1) is 7.63. The van der Waals surface area contributed by atoms with Crippen molar-refractivity contribution in [1.82, 2.24) is 0 Å². The molecule has 0 saturated carbocycles. The third kappa shape index (κ3) is 4.51. The van der Waals surface area contributed by atoms with Crippen molar-refractivity contribution in [2.75, 3.05) is 13.4 Å². The Morgan fingerprint density at radius 3 is 2.81 bits per heavy atom. The lowest BCUT2D eigenvalue weighted by atomic mass is 10.1. The second kappa shape index (κ2) is 6.89. The van der Waals surface area contributed by atoms with Gasteiger partial charge in [-0.25, -0.2) is 0 Å². The molecular formula is C12H18BrNO2. The van der Waals surface area contributed by atoms with Crippen LogP contribution in [-0.4, -0.2) is 19.4 Å². The molecule has 0 spiro atoms. The van der Waals surface area contributed by atoms with Gasteiger partial charge in [0, 0.05) is 17.1 Å². The lowest BCUT2D eigenvalue weighted by Gasteiger charge is -2.13. The first-order valence-corrected chi connectivity index (χ1v) is 6.17. The molecule has 0 aliphatic heterocycles. The number of halogens is 1. The summed E-state index contributed by atoms with van der Waals surface area (Å²) in [5.41, 5.74) is 6.90. The largest absolute Gasteiger partial charge is 0.467 e. The molecule has 0 amide bonds. The summed E-state index contributed by atoms with van der Waals surface area (Å²) in [6.07, 6.45) is 0.793. The summed E-state index contributed by atoms with van der Waals surface area (Å²) in [5, 5.41) is 0. The van der Waals surface area contributed by atoms with Crippen molar-refractivity contribution in [3.05, 3.63) is 28.2 Å². The van der Waals surface area contributed by atoms with E-state index in [2.05, 4.69) is 15.9 Å². The minimum absolute atomic E-state index is 0.115. The maximum atomic E-state index is 5.80. The molecule has 16 heavy (non-hydrogen) atoms. The molecule has 4 heteroatoms. The van der Waals surface area contributed by atoms with E-state index in [0.717, 1.165) is 22.2 Å². The van der Waals surface area contributed by atoms with Gasteiger partial charge in [0.25, 0.3) is 0 Å². The molecule has 1 rings (SSSR count). The van der Waals surface area contributed by atoms with Gasteiger partial charge < -0.3 is 15.2 Å². The lowest BCUT2D eigenvalue weighted by molar-refractivity contribution is 0.0218. The average molecular weight is 288 g/mol. The van der Waals surface area contributed by atoms with E-state index in [1.165, 1.54) is 0 Å². The molecule has 2 N–H and O–H groups in total. The Hall–Kier alpha value is -0.580. The van der Waals surface area contributed by atoms with Crippen molar-refractivity contribution in [2.45, 2.75) is 26.3 Å². The number of hydrogen-bond donors (Lipinski definition) is 1. The number of ether oxygens (including phenoxy) is 2. The summed E-state index contributed by atoms with van der Waals surface area (Å²) in [6, 6.07) is 6.03. The smallest absolute Gasteiger partial charge is 0.189 e. The molecule has 90 valence electrons. The molecule has 0 bridgehead atoms. The first kappa shape index (κ1) is 13.5. The van der Waals surface area contributed by atoms with Crippen LogP contribution in [-0.2, 0) is 11.2 Å². The zero-order valence-corrected chi connectivity index (χ0v) is 11.3. The molecule has 0 radical (unpaired) electrons. The molecule has 0 heterocycles. The topological polar surface area (TPSA) is 44.5 Å². The molecule has 0 aliphatic carbocycles. The van der Waals surface area contributed by atoms with Crippen molar-refractivity contribution in [3.63, 3.8) is 0 Å². The van der Waals surface area contributed by atoms with Crippen molar-refractivity contribution in [2.24, 2.45) is 5.73 Å². The number of benzene rings is 1. The fraction of sp³-hybridized carbons (Fsp3) is 0.500. The molecule has 0 fully saturated rings. The SMILES string of the molecule is CCOCOc1ccc(Br)cc1CC(C)N. The van der Waals surface area contributed by atoms with Gasteiger partial charge in [-0.1, -0.05) is 15.9 Å². The summed E-state index contributed by atoms with van der Waals surface area (Å²) >= 11 is 3.44. The normalized spacial score (nSPS) is 12.5. The molecular weight excluding hydrogens is 270 g/mol. The zero-order chi connectivity index (χ0) is 12.0. The standard InChI is InChI=1S/C12H18BrNO2/c1-3-15-8-16-12-5-4-11(13)7-10(12)6-9(2)14/h4-5,7,9H,3,6,8,14H2,1-2H3. The van der Waals surface area contributed by atoms with Crippen LogP contribution >= 0.6 is 15.9 Å². The van der Waals surface area contributed by atoms with Crippen molar-refractivity contribution < 1.29 is 9.47 Å². The van der Waals surface area contributed by atoms with Crippen LogP contribution in [0.2, 0.25) is 0 Å². The van der Waals surface area contributed by atoms with E-state index in [-0.39, 0.29) is 12.8 Å². The van der Waals surface area contributed by atoms with Gasteiger partial charge in [-0.3, -0.25) is 0 Å². The highest BCUT2D eigenvalue weighted by molar-refractivity contribution is 9.10. The summed E-state index contributed by atoms with van der Waals surface area (Å²) in [6.45, 7) is 4.85. The van der Waals surface area contributed by atoms with Crippen molar-refractivity contribution in [1.29, 1.82) is 0 Å². The Morgan fingerprint density at radius 1 is 1.44 bits per heavy atom. The fourth-order valence-electron chi connectivity index (χ4n) is 1.38. The molecule has 0 saturated heterocycles. The van der Waals surface area contributed by atoms with Gasteiger partial charge in [-0.2, -0.15) is 0 Å². The Labute approximate surface area is 105 Å². The van der Waals surface area contributed by atoms with E-state index >= 15 is 0 Å². The first-order valence-electron chi connectivity index (χ1n) is 5.38. The van der Waals surface area contributed by atoms with Crippen molar-refractivity contribution in [3.8, 4) is 5.75 Å². The maximum absolute atomic E-state index is 5.80. The zero-order valence-electron chi connectivity index (χ0n) is 9.70. The van der Waals surface area contributed by atoms with Crippen LogP contribution in [0.4, 0.5) is 0 Å². The molecule has 1 unspecified atom stereocenters. The molecule has 0 aliphatic rings. The van der Waals surface area contributed by atoms with Gasteiger partial charge in [0.05, 0.1) is 0 Å². The second-order valence-corrected chi connectivity index (χ2v) is 4.60. The third-order valence-electron chi connectivity index (χ3n) is 2.07. The van der Waals surface area contributed by atoms with Gasteiger partial charge in [0.1, 0.15) is 5.75 Å². The summed E-state index contributed by atoms with van der Waals surface area (Å²) in [5.74, 6) is 0.842. The molecule has 3 nitrogen and oxygen atoms in total. The third-order valence-corrected chi connectivity index (χ3v) is 2.56. The Kier molecular flexibility index (Phi) is 5.80. The van der Waals surface area contributed by atoms with Crippen LogP contribution < -0.4 is 10.5 Å². The maximum Gasteiger partial charge on any atom is 0.189 e. The van der Waals surface area contributed by atoms with Crippen LogP contribution in [0.3, 0.4) is 0 Å². The fourth-order valence-corrected chi connectivity index (χ4v) is 1.79. The second-order valence-electron chi connectivity index (χ2n) is 3.69. The van der Waals surface area contributed by atoms with E-state index < -0.39 is 0 Å². The highest BCUT2D eigenvalue weighted by atomic mass is 79.9. The average Bonchev–Trinajstić information content (AvgIpc) is 2.20. The van der Waals surface area contributed by atoms with E-state index in [1.807, 2.05) is 32.0 Å². The van der Waals surface area contributed by atoms with E-state index in [1.54, 1.807) is 0 Å². The number of hydrogen-bond acceptors (Lipinski definition) is 3. The molecule has 1 atom stereocenters. The number of rotatable bonds is 6. The van der Waals surface area contributed by atoms with Crippen molar-refractivity contribution >= 4 is 15.9 Å². The minimum atomic E-state index is 0.115. The predicted molar refractivity (Wildman–Crippen MR) is 68.6 cm³/mol. The Morgan fingerprint density at radius 2 is 2.19 bits per heavy atom. The Bertz CT molecular complexity index is 329. The van der Waals surface area contributed by atoms with Gasteiger partial charge in [-0.15, -0.1) is 0 Å². The van der Waals surface area contributed by atoms with Gasteiger partial charge in [0.2, 0.25) is 0 Å². The number of nitrogens with two attached hydrogens (primary N) is 1. The van der Waals surface area contributed by atoms with Gasteiger partial charge >= 0.3 is 0 Å². The molecule has 1 aromatic carbocycles. The highest BCUT2D eigenvalue weighted by Crippen LogP contribution is 2.24. The van der Waals surface area contributed by atoms with Gasteiger partial charge in [-0.05, 0) is 44.0 Å². The van der Waals surface area contributed by atoms with E-state index in [9.17, 15) is 0 Å². The summed E-state index contributed by atoms with van der Waals surface area (Å²) in [7, 11) is 0. The van der Waals surface area contributed by atoms with E-state index in [0.29, 0.717) is 6.61 Å². The molecule has 0 aromatic heterocycles. The summed E-state index contributed by atoms with van der Waals surface area (Å²) < 4.78 is 11.7.